The number of fused-ring (bicyclic) bond motifs is 6. The summed E-state index contributed by atoms with van der Waals surface area (Å²) in [6.07, 6.45) is 19.1. The van der Waals surface area contributed by atoms with E-state index in [9.17, 15) is 48.6 Å². The lowest BCUT2D eigenvalue weighted by molar-refractivity contribution is -0.265. The first-order chi connectivity index (χ1) is 63.1. The van der Waals surface area contributed by atoms with Gasteiger partial charge in [0.2, 0.25) is 23.6 Å². The number of rotatable bonds is 25. The maximum absolute atomic E-state index is 14.8. The zero-order valence-corrected chi connectivity index (χ0v) is 76.7. The Morgan fingerprint density at radius 1 is 0.733 bits per heavy atom. The Balaban J connectivity index is 0.525. The maximum atomic E-state index is 14.8. The molecule has 0 unspecified atom stereocenters. The van der Waals surface area contributed by atoms with Crippen LogP contribution in [0.4, 0.5) is 23.7 Å². The molecule has 2 bridgehead atoms. The van der Waals surface area contributed by atoms with Crippen LogP contribution >= 0.6 is 0 Å². The van der Waals surface area contributed by atoms with Crippen LogP contribution in [0.15, 0.2) is 120 Å². The minimum Gasteiger partial charge on any atom is -0.460 e. The number of benzene rings is 2. The third-order valence-corrected chi connectivity index (χ3v) is 26.4. The number of carbonyl (C=O) groups is 8. The van der Waals surface area contributed by atoms with Crippen molar-refractivity contribution in [3.8, 4) is 11.3 Å². The van der Waals surface area contributed by atoms with Crippen molar-refractivity contribution < 1.29 is 90.9 Å². The van der Waals surface area contributed by atoms with Gasteiger partial charge in [-0.3, -0.25) is 33.6 Å². The number of nitrogen functional groups attached to an aromatic ring is 2. The molecule has 5 aliphatic heterocycles. The third kappa shape index (κ3) is 24.6. The average molecular weight is 1810 g/mol. The number of hydrogen-bond acceptors (Lipinski definition) is 31. The predicted molar refractivity (Wildman–Crippen MR) is 486 cm³/mol. The van der Waals surface area contributed by atoms with Crippen LogP contribution in [0.25, 0.3) is 33.4 Å². The quantitative estimate of drug-likeness (QED) is 0.0154. The van der Waals surface area contributed by atoms with Gasteiger partial charge in [-0.25, -0.2) is 39.4 Å². The molecular formula is C96H126N16O19. The van der Waals surface area contributed by atoms with Crippen molar-refractivity contribution in [2.75, 3.05) is 115 Å². The molecule has 6 aliphatic rings. The molecule has 15 atom stereocenters. The van der Waals surface area contributed by atoms with E-state index in [1.54, 1.807) is 66.5 Å². The number of nitrogens with zero attached hydrogens (tertiary/aromatic N) is 13. The third-order valence-electron chi connectivity index (χ3n) is 26.4. The van der Waals surface area contributed by atoms with Gasteiger partial charge < -0.3 is 88.9 Å². The molecule has 13 rings (SSSR count). The molecule has 704 valence electrons. The Hall–Kier alpha value is -11.2. The number of oxazole rings is 1. The summed E-state index contributed by atoms with van der Waals surface area (Å²) >= 11 is 0. The molecule has 7 aromatic rings. The lowest BCUT2D eigenvalue weighted by Gasteiger charge is -2.42. The van der Waals surface area contributed by atoms with Crippen LogP contribution in [0.2, 0.25) is 0 Å². The van der Waals surface area contributed by atoms with Gasteiger partial charge in [-0.2, -0.15) is 10.1 Å². The van der Waals surface area contributed by atoms with Crippen LogP contribution < -0.4 is 26.6 Å². The van der Waals surface area contributed by atoms with Gasteiger partial charge in [0.25, 0.3) is 23.6 Å². The van der Waals surface area contributed by atoms with Crippen LogP contribution in [0.3, 0.4) is 0 Å². The van der Waals surface area contributed by atoms with Gasteiger partial charge in [0.05, 0.1) is 68.7 Å². The van der Waals surface area contributed by atoms with Crippen molar-refractivity contribution in [2.45, 2.75) is 219 Å². The van der Waals surface area contributed by atoms with Gasteiger partial charge in [-0.15, -0.1) is 0 Å². The summed E-state index contributed by atoms with van der Waals surface area (Å²) in [4.78, 5) is 151. The predicted octanol–water partition coefficient (Wildman–Crippen LogP) is 9.17. The number of methoxy groups -OCH3 is 3. The number of aliphatic hydroxyl groups excluding tert-OH is 1. The number of aromatic nitrogens is 9. The minimum atomic E-state index is -2.49. The van der Waals surface area contributed by atoms with Gasteiger partial charge in [-0.05, 0) is 160 Å². The number of hydrogen-bond donors (Lipinski definition) is 5. The first-order valence-electron chi connectivity index (χ1n) is 45.8. The highest BCUT2D eigenvalue weighted by atomic mass is 16.6. The molecule has 2 aromatic carbocycles. The second kappa shape index (κ2) is 45.3. The van der Waals surface area contributed by atoms with E-state index in [0.29, 0.717) is 173 Å². The number of aliphatic hydroxyl groups is 2. The molecule has 35 nitrogen and oxygen atoms in total. The highest BCUT2D eigenvalue weighted by Gasteiger charge is 2.53. The Labute approximate surface area is 763 Å². The fourth-order valence-corrected chi connectivity index (χ4v) is 18.6. The fourth-order valence-electron chi connectivity index (χ4n) is 18.6. The molecule has 1 aliphatic carbocycles. The molecule has 4 fully saturated rings. The topological polar surface area (TPSA) is 449 Å². The average Bonchev–Trinajstić information content (AvgIpc) is 1.64. The molecule has 35 heteroatoms. The minimum absolute atomic E-state index is 0.00687. The lowest BCUT2D eigenvalue weighted by Crippen LogP contribution is -2.61. The Morgan fingerprint density at radius 3 is 2.21 bits per heavy atom. The van der Waals surface area contributed by atoms with E-state index in [4.69, 9.17) is 58.9 Å². The smallest absolute Gasteiger partial charge is 0.329 e. The molecular weight excluding hydrogens is 1680 g/mol. The summed E-state index contributed by atoms with van der Waals surface area (Å²) in [5.41, 5.74) is 20.9. The Kier molecular flexibility index (Phi) is 33.7. The number of ether oxygens (including phenoxy) is 8. The number of aryl methyl sites for hydroxylation is 1. The van der Waals surface area contributed by atoms with E-state index < -0.39 is 102 Å². The van der Waals surface area contributed by atoms with Gasteiger partial charge in [0.15, 0.2) is 17.0 Å². The molecule has 1 saturated carbocycles. The van der Waals surface area contributed by atoms with Crippen LogP contribution in [-0.2, 0) is 97.4 Å². The number of nitrogens with two attached hydrogens (primary N) is 2. The van der Waals surface area contributed by atoms with Crippen molar-refractivity contribution in [1.82, 2.24) is 59.8 Å². The van der Waals surface area contributed by atoms with Gasteiger partial charge >= 0.3 is 11.9 Å². The molecule has 5 aromatic heterocycles. The SMILES string of the molecule is CO[C@H]1C[C@@H]2CC[C@@H](C)[C@@](O)(O2)C(=O)C(=O)N2CCCC[C@H]2C(=O)O[C@H]([C@H](C)C[C@@H]2CC[C@@H](OC(=O)CCc3cnc(N4CCN(c5ncc(C(=O)NCCOCCOCCC(=O)N6CCc7cc(Cn8nc(-c9ccc%10oc(N)nc%10c9)c9c(N)ncnc98)ccc7C6)cn5)CC4)nc3)[C@H](OC)C2)CC(=O)[C@H](C)/C=C(\C)[C@@H](O)[C@@H](OC)C(=O)[C@H](C)C[C@H](C)/C=C/C=C/C=C/1C. The Morgan fingerprint density at radius 2 is 1.47 bits per heavy atom. The number of allylic oxidation sites excluding steroid dienone is 6. The molecule has 7 N–H and O–H groups in total. The summed E-state index contributed by atoms with van der Waals surface area (Å²) in [5, 5.41) is 32.3. The van der Waals surface area contributed by atoms with E-state index in [2.05, 4.69) is 57.2 Å². The Bertz CT molecular complexity index is 5280. The lowest BCUT2D eigenvalue weighted by atomic mass is 9.78. The number of carbonyl (C=O) groups excluding carboxylic acids is 8. The van der Waals surface area contributed by atoms with Crippen molar-refractivity contribution in [3.05, 3.63) is 143 Å². The number of anilines is 4. The fraction of sp³-hybridized carbons (Fsp3) is 0.562. The molecule has 3 amide bonds. The van der Waals surface area contributed by atoms with Crippen molar-refractivity contribution in [3.63, 3.8) is 0 Å². The van der Waals surface area contributed by atoms with Crippen molar-refractivity contribution >= 4 is 92.9 Å². The van der Waals surface area contributed by atoms with Crippen LogP contribution in [0.1, 0.15) is 171 Å². The van der Waals surface area contributed by atoms with Gasteiger partial charge in [0.1, 0.15) is 59.6 Å². The summed E-state index contributed by atoms with van der Waals surface area (Å²) in [6.45, 7) is 17.7. The summed E-state index contributed by atoms with van der Waals surface area (Å²) in [6, 6.07) is 10.6. The van der Waals surface area contributed by atoms with E-state index in [-0.39, 0.29) is 113 Å². The second-order valence-corrected chi connectivity index (χ2v) is 35.8. The number of cyclic esters (lactones) is 1. The number of ketones is 3. The summed E-state index contributed by atoms with van der Waals surface area (Å²) in [7, 11) is 4.51. The molecule has 10 heterocycles. The van der Waals surface area contributed by atoms with E-state index >= 15 is 0 Å². The number of Topliss-reactive ketones (excluding diaryl/α,β-unsaturated/α-hetero) is 3. The van der Waals surface area contributed by atoms with E-state index in [1.165, 1.54) is 36.3 Å². The van der Waals surface area contributed by atoms with Crippen molar-refractivity contribution in [2.24, 2.45) is 35.5 Å². The standard InChI is InChI=1S/C96H126N16O19/c1-57-16-12-11-13-17-58(2)77(123-8)48-71-25-19-63(7)96(122,131-71)87(118)91(120)111-32-15-14-18-73(111)92(121)129-78(49-74(113)59(3)43-62(6)85(117)86(125-10)84(116)61(5)42-57)60(4)44-64-21-26-76(79(46-64)124-9)128-81(115)28-22-66-50-100-94(101-51-66)108-34-36-109(37-35-108)95-102-52-70(53-103-95)90(119)99-31-39-127-41-40-126-38-30-80(114)110-33-29-67-45-65(20-23-69(67)55-110)54-112-89-82(88(97)104-56-105-89)83(107-112)68-24-27-75-72(47-68)106-93(98)130-75/h11-13,16-17,20,23-24,27,43,45,47,50-53,56-57,59-61,63-64,71,73,76-79,85-86,117,122H,14-15,18-19,21-22,25-26,28-42,44,46,48-49,54-55H2,1-10H3,(H2,98,106)(H,99,119)(H2,97,104,105)/b13-11+,16-12+,58-17+,62-43+/t57-,59-,60-,61-,63-,64+,71+,73+,76-,77+,78+,79-,85-,86+,96-/m1/s1. The molecule has 131 heavy (non-hydrogen) atoms. The molecule has 0 spiro atoms. The summed E-state index contributed by atoms with van der Waals surface area (Å²) < 4.78 is 55.1. The van der Waals surface area contributed by atoms with Crippen molar-refractivity contribution in [1.29, 1.82) is 0 Å². The second-order valence-electron chi connectivity index (χ2n) is 35.8. The monoisotopic (exact) mass is 1810 g/mol. The maximum Gasteiger partial charge on any atom is 0.329 e. The normalized spacial score (nSPS) is 27.2. The van der Waals surface area contributed by atoms with E-state index in [0.717, 1.165) is 27.8 Å². The zero-order chi connectivity index (χ0) is 93.2. The van der Waals surface area contributed by atoms with Crippen LogP contribution in [0, 0.1) is 35.5 Å². The largest absolute Gasteiger partial charge is 0.460 e. The molecule has 3 saturated heterocycles. The number of nitrogens with one attached hydrogen (secondary N) is 1. The molecule has 0 radical (unpaired) electrons. The number of amides is 3. The van der Waals surface area contributed by atoms with Crippen LogP contribution in [-0.4, -0.2) is 260 Å². The first-order valence-corrected chi connectivity index (χ1v) is 45.8. The number of piperazine rings is 1. The van der Waals surface area contributed by atoms with Gasteiger partial charge in [0, 0.05) is 141 Å². The van der Waals surface area contributed by atoms with E-state index in [1.807, 2.05) is 83.8 Å². The zero-order valence-electron chi connectivity index (χ0n) is 76.7. The van der Waals surface area contributed by atoms with Crippen LogP contribution in [0.5, 0.6) is 0 Å². The van der Waals surface area contributed by atoms with Gasteiger partial charge in [-0.1, -0.05) is 89.3 Å². The highest BCUT2D eigenvalue weighted by molar-refractivity contribution is 6.39. The number of esters is 2. The summed E-state index contributed by atoms with van der Waals surface area (Å²) in [5.74, 6) is -8.14. The highest BCUT2D eigenvalue weighted by Crippen LogP contribution is 2.40. The number of piperidine rings is 1. The first kappa shape index (κ1) is 97.4.